The number of nitrogen functional groups attached to an aromatic ring is 2. The molecule has 0 amide bonds. The van der Waals surface area contributed by atoms with Crippen molar-refractivity contribution in [3.63, 3.8) is 0 Å². The maximum Gasteiger partial charge on any atom is 0.0986 e. The fraction of sp³-hybridized carbons (Fsp3) is 0.0769. The first-order valence-corrected chi connectivity index (χ1v) is 5.27. The quantitative estimate of drug-likeness (QED) is 0.610. The average Bonchev–Trinajstić information content (AvgIpc) is 2.36. The predicted molar refractivity (Wildman–Crippen MR) is 74.5 cm³/mol. The van der Waals surface area contributed by atoms with Crippen LogP contribution in [-0.2, 0) is 0 Å². The molecule has 4 heteroatoms. The van der Waals surface area contributed by atoms with Crippen molar-refractivity contribution in [3.8, 4) is 0 Å². The highest BCUT2D eigenvalue weighted by Crippen LogP contribution is 2.39. The van der Waals surface area contributed by atoms with E-state index in [1.54, 1.807) is 18.5 Å². The summed E-state index contributed by atoms with van der Waals surface area (Å²) in [6.45, 7) is 5.59. The lowest BCUT2D eigenvalue weighted by Gasteiger charge is -2.12. The Labute approximate surface area is 99.7 Å². The van der Waals surface area contributed by atoms with Gasteiger partial charge in [0, 0.05) is 23.4 Å². The Morgan fingerprint density at radius 2 is 2.12 bits per heavy atom. The molecule has 0 spiro atoms. The Kier molecular flexibility index (Phi) is 2.78. The molecule has 0 atom stereocenters. The van der Waals surface area contributed by atoms with Crippen molar-refractivity contribution in [1.82, 2.24) is 4.98 Å². The molecule has 2 aromatic rings. The standard InChI is InChI=1S/C13H14N4/c1-3-8-10(14)11(15)9-6-5-7-17-13(9)12(8)16-4-2/h3-7H,1,14-15H2,2H3. The van der Waals surface area contributed by atoms with Crippen LogP contribution < -0.4 is 11.5 Å². The van der Waals surface area contributed by atoms with Crippen LogP contribution in [0.15, 0.2) is 29.9 Å². The lowest BCUT2D eigenvalue weighted by atomic mass is 10.0. The van der Waals surface area contributed by atoms with Crippen LogP contribution in [0.5, 0.6) is 0 Å². The minimum atomic E-state index is 0.501. The van der Waals surface area contributed by atoms with Gasteiger partial charge in [-0.2, -0.15) is 0 Å². The molecular formula is C13H14N4. The molecule has 2 rings (SSSR count). The van der Waals surface area contributed by atoms with Crippen LogP contribution in [0, 0.1) is 0 Å². The second-order valence-corrected chi connectivity index (χ2v) is 3.58. The van der Waals surface area contributed by atoms with Gasteiger partial charge in [0.1, 0.15) is 0 Å². The van der Waals surface area contributed by atoms with Crippen molar-refractivity contribution in [2.45, 2.75) is 6.92 Å². The second kappa shape index (κ2) is 4.25. The van der Waals surface area contributed by atoms with E-state index < -0.39 is 0 Å². The summed E-state index contributed by atoms with van der Waals surface area (Å²) in [5.41, 5.74) is 15.2. The van der Waals surface area contributed by atoms with Gasteiger partial charge in [-0.15, -0.1) is 0 Å². The largest absolute Gasteiger partial charge is 0.396 e. The van der Waals surface area contributed by atoms with Crippen molar-refractivity contribution in [2.75, 3.05) is 11.5 Å². The maximum absolute atomic E-state index is 6.00. The van der Waals surface area contributed by atoms with E-state index in [4.69, 9.17) is 11.5 Å². The normalized spacial score (nSPS) is 11.1. The van der Waals surface area contributed by atoms with Gasteiger partial charge in [-0.05, 0) is 19.1 Å². The maximum atomic E-state index is 6.00. The number of aliphatic imine (C=N–C) groups is 1. The Balaban J connectivity index is 3.01. The number of hydrogen-bond donors (Lipinski definition) is 2. The van der Waals surface area contributed by atoms with Gasteiger partial charge < -0.3 is 11.5 Å². The molecule has 86 valence electrons. The highest BCUT2D eigenvalue weighted by Gasteiger charge is 2.13. The zero-order valence-corrected chi connectivity index (χ0v) is 9.64. The van der Waals surface area contributed by atoms with Crippen LogP contribution in [0.2, 0.25) is 0 Å². The molecule has 0 fully saturated rings. The number of nitrogens with two attached hydrogens (primary N) is 2. The number of anilines is 2. The summed E-state index contributed by atoms with van der Waals surface area (Å²) >= 11 is 0. The van der Waals surface area contributed by atoms with Crippen LogP contribution in [0.1, 0.15) is 12.5 Å². The molecule has 1 aromatic carbocycles. The molecule has 0 radical (unpaired) electrons. The number of hydrogen-bond acceptors (Lipinski definition) is 4. The van der Waals surface area contributed by atoms with Crippen molar-refractivity contribution in [1.29, 1.82) is 0 Å². The highest BCUT2D eigenvalue weighted by atomic mass is 14.8. The zero-order valence-electron chi connectivity index (χ0n) is 9.64. The number of fused-ring (bicyclic) bond motifs is 1. The lowest BCUT2D eigenvalue weighted by molar-refractivity contribution is 1.39. The zero-order chi connectivity index (χ0) is 12.4. The summed E-state index contributed by atoms with van der Waals surface area (Å²) in [5.74, 6) is 0. The Morgan fingerprint density at radius 1 is 1.35 bits per heavy atom. The molecule has 0 aliphatic heterocycles. The summed E-state index contributed by atoms with van der Waals surface area (Å²) in [6.07, 6.45) is 5.06. The second-order valence-electron chi connectivity index (χ2n) is 3.58. The summed E-state index contributed by atoms with van der Waals surface area (Å²) in [6, 6.07) is 3.71. The molecule has 4 N–H and O–H groups in total. The van der Waals surface area contributed by atoms with Gasteiger partial charge in [0.15, 0.2) is 0 Å². The van der Waals surface area contributed by atoms with Gasteiger partial charge in [0.05, 0.1) is 22.6 Å². The van der Waals surface area contributed by atoms with Gasteiger partial charge in [0.25, 0.3) is 0 Å². The van der Waals surface area contributed by atoms with Crippen LogP contribution in [0.3, 0.4) is 0 Å². The first-order valence-electron chi connectivity index (χ1n) is 5.27. The fourth-order valence-corrected chi connectivity index (χ4v) is 1.82. The topological polar surface area (TPSA) is 77.3 Å². The Hall–Kier alpha value is -2.36. The Bertz CT molecular complexity index is 614. The van der Waals surface area contributed by atoms with Gasteiger partial charge in [-0.1, -0.05) is 12.7 Å². The number of rotatable bonds is 2. The number of pyridine rings is 1. The third-order valence-electron chi connectivity index (χ3n) is 2.62. The van der Waals surface area contributed by atoms with E-state index in [1.807, 2.05) is 19.1 Å². The van der Waals surface area contributed by atoms with Gasteiger partial charge >= 0.3 is 0 Å². The lowest BCUT2D eigenvalue weighted by Crippen LogP contribution is -2.00. The molecule has 0 aliphatic carbocycles. The smallest absolute Gasteiger partial charge is 0.0986 e. The molecule has 0 bridgehead atoms. The van der Waals surface area contributed by atoms with Crippen molar-refractivity contribution >= 4 is 40.3 Å². The monoisotopic (exact) mass is 226 g/mol. The van der Waals surface area contributed by atoms with E-state index in [9.17, 15) is 0 Å². The van der Waals surface area contributed by atoms with E-state index in [0.29, 0.717) is 17.1 Å². The highest BCUT2D eigenvalue weighted by molar-refractivity contribution is 6.07. The van der Waals surface area contributed by atoms with Gasteiger partial charge in [-0.3, -0.25) is 9.98 Å². The third-order valence-corrected chi connectivity index (χ3v) is 2.62. The molecule has 0 saturated carbocycles. The number of benzene rings is 1. The summed E-state index contributed by atoms with van der Waals surface area (Å²) in [7, 11) is 0. The van der Waals surface area contributed by atoms with Crippen LogP contribution >= 0.6 is 0 Å². The molecule has 0 unspecified atom stereocenters. The summed E-state index contributed by atoms with van der Waals surface area (Å²) in [4.78, 5) is 8.63. The molecular weight excluding hydrogens is 212 g/mol. The summed E-state index contributed by atoms with van der Waals surface area (Å²) in [5, 5.41) is 0.816. The first-order chi connectivity index (χ1) is 8.20. The van der Waals surface area contributed by atoms with Crippen molar-refractivity contribution < 1.29 is 0 Å². The SMILES string of the molecule is C=Cc1c(N)c(N)c2cccnc2c1N=CC. The molecule has 4 nitrogen and oxygen atoms in total. The minimum absolute atomic E-state index is 0.501. The number of nitrogens with zero attached hydrogens (tertiary/aromatic N) is 2. The van der Waals surface area contributed by atoms with Gasteiger partial charge in [0.2, 0.25) is 0 Å². The number of aromatic nitrogens is 1. The van der Waals surface area contributed by atoms with E-state index >= 15 is 0 Å². The minimum Gasteiger partial charge on any atom is -0.396 e. The average molecular weight is 226 g/mol. The molecule has 1 aromatic heterocycles. The fourth-order valence-electron chi connectivity index (χ4n) is 1.82. The van der Waals surface area contributed by atoms with Crippen molar-refractivity contribution in [3.05, 3.63) is 30.5 Å². The molecule has 0 saturated heterocycles. The van der Waals surface area contributed by atoms with Crippen LogP contribution in [0.25, 0.3) is 17.0 Å². The third kappa shape index (κ3) is 1.63. The van der Waals surface area contributed by atoms with Gasteiger partial charge in [-0.25, -0.2) is 0 Å². The summed E-state index contributed by atoms with van der Waals surface area (Å²) < 4.78 is 0. The molecule has 0 aliphatic rings. The Morgan fingerprint density at radius 3 is 2.76 bits per heavy atom. The van der Waals surface area contributed by atoms with E-state index in [0.717, 1.165) is 16.5 Å². The van der Waals surface area contributed by atoms with Crippen molar-refractivity contribution in [2.24, 2.45) is 4.99 Å². The predicted octanol–water partition coefficient (Wildman–Crippen LogP) is 2.76. The van der Waals surface area contributed by atoms with Crippen LogP contribution in [0.4, 0.5) is 17.1 Å². The van der Waals surface area contributed by atoms with E-state index in [1.165, 1.54) is 0 Å². The first kappa shape index (κ1) is 11.1. The molecule has 1 heterocycles. The van der Waals surface area contributed by atoms with E-state index in [-0.39, 0.29) is 0 Å². The van der Waals surface area contributed by atoms with Crippen LogP contribution in [-0.4, -0.2) is 11.2 Å². The van der Waals surface area contributed by atoms with E-state index in [2.05, 4.69) is 16.6 Å². The molecule has 17 heavy (non-hydrogen) atoms.